The molecule has 0 amide bonds. The summed E-state index contributed by atoms with van der Waals surface area (Å²) < 4.78 is 0. The van der Waals surface area contributed by atoms with Crippen molar-refractivity contribution < 1.29 is 5.11 Å². The smallest absolute Gasteiger partial charge is 0.125 e. The fourth-order valence-corrected chi connectivity index (χ4v) is 4.58. The molecule has 1 saturated heterocycles. The van der Waals surface area contributed by atoms with Crippen molar-refractivity contribution in [3.8, 4) is 0 Å². The molecule has 1 aliphatic carbocycles. The second-order valence-corrected chi connectivity index (χ2v) is 8.28. The number of hydrazine groups is 3. The third kappa shape index (κ3) is 4.56. The Labute approximate surface area is 183 Å². The molecule has 1 atom stereocenters. The molecule has 0 saturated carbocycles. The summed E-state index contributed by atoms with van der Waals surface area (Å²) in [4.78, 5) is 2.20. The molecule has 162 valence electrons. The van der Waals surface area contributed by atoms with E-state index in [1.165, 1.54) is 22.3 Å². The highest BCUT2D eigenvalue weighted by Crippen LogP contribution is 2.31. The molecule has 3 aliphatic rings. The molecule has 0 unspecified atom stereocenters. The lowest BCUT2D eigenvalue weighted by atomic mass is 9.90. The molecule has 0 aromatic heterocycles. The molecule has 0 radical (unpaired) electrons. The van der Waals surface area contributed by atoms with Crippen LogP contribution in [0, 0.1) is 0 Å². The monoisotopic (exact) mass is 430 g/mol. The summed E-state index contributed by atoms with van der Waals surface area (Å²) in [7, 11) is 0. The van der Waals surface area contributed by atoms with Gasteiger partial charge in [-0.05, 0) is 48.0 Å². The first-order valence-electron chi connectivity index (χ1n) is 10.7. The zero-order valence-electron chi connectivity index (χ0n) is 17.3. The Morgan fingerprint density at radius 1 is 1.17 bits per heavy atom. The van der Waals surface area contributed by atoms with Crippen LogP contribution in [0.1, 0.15) is 50.2 Å². The van der Waals surface area contributed by atoms with Crippen LogP contribution in [-0.4, -0.2) is 28.9 Å². The Morgan fingerprint density at radius 2 is 1.93 bits per heavy atom. The standard InChI is InChI=1S/C22H31ClN6O/c1-2-3-8-20-24-21(23)19(14-30)29(20)13-15-9-11-16(12-10-15)17-6-4-5-7-18(17)22-25-27-28-26-22/h4,6,9-12,20,22,24-28,30H,2-3,5,7-8,13-14H2,1H3/t20-/m0/s1. The summed E-state index contributed by atoms with van der Waals surface area (Å²) in [5.74, 6) is 0. The highest BCUT2D eigenvalue weighted by atomic mass is 35.5. The van der Waals surface area contributed by atoms with Gasteiger partial charge >= 0.3 is 0 Å². The number of nitrogens with zero attached hydrogens (tertiary/aromatic N) is 1. The Morgan fingerprint density at radius 3 is 2.63 bits per heavy atom. The van der Waals surface area contributed by atoms with Gasteiger partial charge in [0.2, 0.25) is 0 Å². The van der Waals surface area contributed by atoms with E-state index >= 15 is 0 Å². The number of aliphatic hydroxyl groups excluding tert-OH is 1. The van der Waals surface area contributed by atoms with Crippen molar-refractivity contribution in [2.24, 2.45) is 0 Å². The third-order valence-corrected chi connectivity index (χ3v) is 6.25. The van der Waals surface area contributed by atoms with Crippen LogP contribution in [0.15, 0.2) is 52.8 Å². The number of rotatable bonds is 8. The molecule has 4 rings (SSSR count). The van der Waals surface area contributed by atoms with Gasteiger partial charge in [0.1, 0.15) is 11.3 Å². The molecule has 1 aromatic rings. The van der Waals surface area contributed by atoms with Crippen LogP contribution in [0.25, 0.3) is 5.57 Å². The molecular weight excluding hydrogens is 400 g/mol. The van der Waals surface area contributed by atoms with Crippen LogP contribution in [0.3, 0.4) is 0 Å². The van der Waals surface area contributed by atoms with Gasteiger partial charge in [-0.1, -0.05) is 61.4 Å². The largest absolute Gasteiger partial charge is 0.390 e. The van der Waals surface area contributed by atoms with Crippen LogP contribution in [0.2, 0.25) is 0 Å². The van der Waals surface area contributed by atoms with Crippen molar-refractivity contribution >= 4 is 17.2 Å². The van der Waals surface area contributed by atoms with E-state index in [0.717, 1.165) is 44.3 Å². The van der Waals surface area contributed by atoms with Crippen molar-refractivity contribution in [1.29, 1.82) is 0 Å². The number of allylic oxidation sites excluding steroid dienone is 3. The lowest BCUT2D eigenvalue weighted by Crippen LogP contribution is -2.37. The van der Waals surface area contributed by atoms with Gasteiger partial charge in [0.25, 0.3) is 0 Å². The van der Waals surface area contributed by atoms with Gasteiger partial charge < -0.3 is 15.3 Å². The fourth-order valence-electron chi connectivity index (χ4n) is 4.29. The number of unbranched alkanes of at least 4 members (excludes halogenated alkanes) is 1. The zero-order valence-corrected chi connectivity index (χ0v) is 18.1. The molecule has 1 aromatic carbocycles. The van der Waals surface area contributed by atoms with Gasteiger partial charge in [-0.2, -0.15) is 11.1 Å². The van der Waals surface area contributed by atoms with E-state index in [1.807, 2.05) is 0 Å². The van der Waals surface area contributed by atoms with E-state index < -0.39 is 0 Å². The first-order chi connectivity index (χ1) is 14.7. The summed E-state index contributed by atoms with van der Waals surface area (Å²) in [6.07, 6.45) is 9.97. The van der Waals surface area contributed by atoms with E-state index in [1.54, 1.807) is 0 Å². The van der Waals surface area contributed by atoms with E-state index in [2.05, 4.69) is 75.5 Å². The molecular formula is C22H31ClN6O. The Balaban J connectivity index is 1.52. The zero-order chi connectivity index (χ0) is 20.9. The van der Waals surface area contributed by atoms with Gasteiger partial charge in [-0.3, -0.25) is 0 Å². The van der Waals surface area contributed by atoms with Gasteiger partial charge in [-0.25, -0.2) is 10.9 Å². The van der Waals surface area contributed by atoms with Crippen molar-refractivity contribution in [2.75, 3.05) is 6.61 Å². The number of hydrogen-bond acceptors (Lipinski definition) is 7. The molecule has 1 fully saturated rings. The Bertz CT molecular complexity index is 829. The van der Waals surface area contributed by atoms with Crippen LogP contribution in [0.5, 0.6) is 0 Å². The molecule has 8 heteroatoms. The maximum atomic E-state index is 9.82. The number of nitrogens with one attached hydrogen (secondary N) is 5. The normalized spacial score (nSPS) is 22.4. The van der Waals surface area contributed by atoms with Crippen LogP contribution in [-0.2, 0) is 6.54 Å². The number of hydrogen-bond donors (Lipinski definition) is 6. The first kappa shape index (κ1) is 21.4. The third-order valence-electron chi connectivity index (χ3n) is 5.92. The van der Waals surface area contributed by atoms with Gasteiger partial charge in [0.15, 0.2) is 0 Å². The Hall–Kier alpha value is -1.87. The van der Waals surface area contributed by atoms with Crippen molar-refractivity contribution in [2.45, 2.75) is 57.9 Å². The van der Waals surface area contributed by atoms with Crippen LogP contribution >= 0.6 is 11.6 Å². The number of benzene rings is 1. The average molecular weight is 431 g/mol. The second-order valence-electron chi connectivity index (χ2n) is 7.90. The molecule has 7 nitrogen and oxygen atoms in total. The molecule has 0 bridgehead atoms. The van der Waals surface area contributed by atoms with Gasteiger partial charge in [0.05, 0.1) is 18.5 Å². The minimum Gasteiger partial charge on any atom is -0.390 e. The second kappa shape index (κ2) is 9.96. The highest BCUT2D eigenvalue weighted by Gasteiger charge is 2.29. The van der Waals surface area contributed by atoms with E-state index in [4.69, 9.17) is 11.6 Å². The van der Waals surface area contributed by atoms with Crippen LogP contribution in [0.4, 0.5) is 0 Å². The lowest BCUT2D eigenvalue weighted by Gasteiger charge is -2.29. The predicted molar refractivity (Wildman–Crippen MR) is 120 cm³/mol. The minimum absolute atomic E-state index is 0.0585. The quantitative estimate of drug-likeness (QED) is 0.354. The van der Waals surface area contributed by atoms with Crippen molar-refractivity contribution in [3.63, 3.8) is 0 Å². The maximum Gasteiger partial charge on any atom is 0.125 e. The van der Waals surface area contributed by atoms with Gasteiger partial charge in [-0.15, -0.1) is 0 Å². The van der Waals surface area contributed by atoms with Crippen LogP contribution < -0.4 is 27.2 Å². The van der Waals surface area contributed by atoms with Crippen molar-refractivity contribution in [3.05, 3.63) is 64.0 Å². The van der Waals surface area contributed by atoms with Gasteiger partial charge in [0, 0.05) is 6.54 Å². The topological polar surface area (TPSA) is 83.6 Å². The predicted octanol–water partition coefficient (Wildman–Crippen LogP) is 2.56. The van der Waals surface area contributed by atoms with E-state index in [9.17, 15) is 5.11 Å². The Kier molecular flexibility index (Phi) is 7.09. The molecule has 30 heavy (non-hydrogen) atoms. The molecule has 6 N–H and O–H groups in total. The molecule has 2 aliphatic heterocycles. The minimum atomic E-state index is -0.0585. The first-order valence-corrected chi connectivity index (χ1v) is 11.1. The fraction of sp³-hybridized carbons (Fsp3) is 0.455. The van der Waals surface area contributed by atoms with Crippen molar-refractivity contribution in [1.82, 2.24) is 32.1 Å². The number of aliphatic hydroxyl groups is 1. The van der Waals surface area contributed by atoms with E-state index in [-0.39, 0.29) is 18.9 Å². The summed E-state index contributed by atoms with van der Waals surface area (Å²) >= 11 is 6.35. The van der Waals surface area contributed by atoms with E-state index in [0.29, 0.717) is 5.16 Å². The summed E-state index contributed by atoms with van der Waals surface area (Å²) in [6, 6.07) is 8.72. The SMILES string of the molecule is CCCC[C@H]1NC(Cl)=C(CO)N1Cc1ccc(C2=C(C3NNNN3)CCC=C2)cc1. The number of halogens is 1. The summed E-state index contributed by atoms with van der Waals surface area (Å²) in [5.41, 5.74) is 18.0. The maximum absolute atomic E-state index is 9.82. The summed E-state index contributed by atoms with van der Waals surface area (Å²) in [6.45, 7) is 2.84. The molecule has 0 spiro atoms. The highest BCUT2D eigenvalue weighted by molar-refractivity contribution is 6.29. The summed E-state index contributed by atoms with van der Waals surface area (Å²) in [5, 5.41) is 13.7. The average Bonchev–Trinajstić information content (AvgIpc) is 3.41. The molecule has 2 heterocycles. The lowest BCUT2D eigenvalue weighted by molar-refractivity contribution is 0.197.